The van der Waals surface area contributed by atoms with Crippen molar-refractivity contribution in [2.75, 3.05) is 0 Å². The zero-order valence-electron chi connectivity index (χ0n) is 10.3. The quantitative estimate of drug-likeness (QED) is 0.722. The van der Waals surface area contributed by atoms with Crippen LogP contribution in [0.15, 0.2) is 65.2 Å². The third-order valence-corrected chi connectivity index (χ3v) is 3.00. The fraction of sp³-hybridized carbons (Fsp3) is 0. The maximum absolute atomic E-state index is 9.02. The summed E-state index contributed by atoms with van der Waals surface area (Å²) in [5, 5.41) is 13.1. The zero-order chi connectivity index (χ0) is 13.1. The Morgan fingerprint density at radius 3 is 2.32 bits per heavy atom. The van der Waals surface area contributed by atoms with E-state index in [4.69, 9.17) is 9.55 Å². The molecule has 3 aromatic rings. The van der Waals surface area contributed by atoms with Crippen molar-refractivity contribution in [3.05, 3.63) is 60.7 Å². The lowest BCUT2D eigenvalue weighted by Gasteiger charge is -1.96. The van der Waals surface area contributed by atoms with Gasteiger partial charge in [-0.3, -0.25) is 0 Å². The monoisotopic (exact) mass is 249 g/mol. The maximum atomic E-state index is 9.02. The number of nitrogens with zero attached hydrogens (tertiary/aromatic N) is 1. The van der Waals surface area contributed by atoms with E-state index in [1.54, 1.807) is 0 Å². The summed E-state index contributed by atoms with van der Waals surface area (Å²) in [6.45, 7) is 0. The molecule has 0 bridgehead atoms. The van der Waals surface area contributed by atoms with Gasteiger partial charge in [-0.15, -0.1) is 0 Å². The van der Waals surface area contributed by atoms with Gasteiger partial charge in [0.2, 0.25) is 0 Å². The van der Waals surface area contributed by atoms with E-state index in [2.05, 4.69) is 5.16 Å². The first-order chi connectivity index (χ1) is 9.36. The molecule has 4 heteroatoms. The lowest BCUT2D eigenvalue weighted by Crippen LogP contribution is -2.11. The largest absolute Gasteiger partial charge is 0.449 e. The Balaban J connectivity index is 1.92. The Bertz CT molecular complexity index is 662. The second-order valence-electron chi connectivity index (χ2n) is 4.30. The fourth-order valence-corrected chi connectivity index (χ4v) is 1.93. The molecule has 2 aromatic carbocycles. The Morgan fingerprint density at radius 2 is 1.63 bits per heavy atom. The van der Waals surface area contributed by atoms with E-state index < -0.39 is 0 Å². The Hall–Kier alpha value is -2.33. The minimum Gasteiger partial charge on any atom is -0.449 e. The lowest BCUT2D eigenvalue weighted by atomic mass is 9.88. The van der Waals surface area contributed by atoms with Crippen LogP contribution in [0.2, 0.25) is 0 Å². The van der Waals surface area contributed by atoms with Crippen LogP contribution in [-0.4, -0.2) is 17.7 Å². The van der Waals surface area contributed by atoms with Crippen LogP contribution in [0, 0.1) is 0 Å². The third-order valence-electron chi connectivity index (χ3n) is 3.00. The molecular weight excluding hydrogens is 237 g/mol. The summed E-state index contributed by atoms with van der Waals surface area (Å²) in [5.41, 5.74) is 3.68. The van der Waals surface area contributed by atoms with Crippen LogP contribution in [0.3, 0.4) is 0 Å². The van der Waals surface area contributed by atoms with Gasteiger partial charge < -0.3 is 9.55 Å². The highest BCUT2D eigenvalue weighted by Crippen LogP contribution is 2.25. The van der Waals surface area contributed by atoms with Crippen LogP contribution in [0.4, 0.5) is 0 Å². The highest BCUT2D eigenvalue weighted by molar-refractivity contribution is 6.45. The van der Waals surface area contributed by atoms with Gasteiger partial charge in [0.15, 0.2) is 5.76 Å². The molecule has 19 heavy (non-hydrogen) atoms. The normalized spacial score (nSPS) is 10.4. The van der Waals surface area contributed by atoms with Crippen LogP contribution >= 0.6 is 0 Å². The highest BCUT2D eigenvalue weighted by Gasteiger charge is 2.08. The molecule has 0 spiro atoms. The third kappa shape index (κ3) is 2.44. The first kappa shape index (κ1) is 11.7. The summed E-state index contributed by atoms with van der Waals surface area (Å²) in [4.78, 5) is 0. The summed E-state index contributed by atoms with van der Waals surface area (Å²) in [6, 6.07) is 19.4. The van der Waals surface area contributed by atoms with Crippen molar-refractivity contribution in [3.63, 3.8) is 0 Å². The summed E-state index contributed by atoms with van der Waals surface area (Å²) < 4.78 is 5.37. The van der Waals surface area contributed by atoms with Crippen molar-refractivity contribution in [2.45, 2.75) is 0 Å². The lowest BCUT2D eigenvalue weighted by molar-refractivity contribution is 0.435. The van der Waals surface area contributed by atoms with Crippen molar-refractivity contribution < 1.29 is 9.55 Å². The van der Waals surface area contributed by atoms with Gasteiger partial charge in [0.05, 0.1) is 0 Å². The van der Waals surface area contributed by atoms with Crippen molar-refractivity contribution in [3.8, 4) is 22.6 Å². The molecule has 1 aromatic heterocycles. The molecule has 0 unspecified atom stereocenters. The molecule has 3 nitrogen and oxygen atoms in total. The van der Waals surface area contributed by atoms with Crippen molar-refractivity contribution in [2.24, 2.45) is 0 Å². The highest BCUT2D eigenvalue weighted by atomic mass is 16.5. The predicted molar refractivity (Wildman–Crippen MR) is 76.4 cm³/mol. The van der Waals surface area contributed by atoms with Crippen LogP contribution in [0.1, 0.15) is 0 Å². The average Bonchev–Trinajstić information content (AvgIpc) is 2.98. The molecule has 1 N–H and O–H groups in total. The van der Waals surface area contributed by atoms with E-state index in [1.807, 2.05) is 60.7 Å². The van der Waals surface area contributed by atoms with Crippen molar-refractivity contribution >= 4 is 12.9 Å². The van der Waals surface area contributed by atoms with E-state index in [-0.39, 0.29) is 7.48 Å². The number of benzene rings is 2. The topological polar surface area (TPSA) is 46.3 Å². The van der Waals surface area contributed by atoms with Crippen LogP contribution in [-0.2, 0) is 0 Å². The molecule has 0 atom stereocenters. The van der Waals surface area contributed by atoms with E-state index >= 15 is 0 Å². The number of rotatable bonds is 3. The van der Waals surface area contributed by atoms with Gasteiger partial charge in [0.1, 0.15) is 5.69 Å². The van der Waals surface area contributed by atoms with Gasteiger partial charge >= 0.3 is 7.48 Å². The zero-order valence-corrected chi connectivity index (χ0v) is 10.3. The molecule has 0 saturated heterocycles. The molecule has 92 valence electrons. The van der Waals surface area contributed by atoms with Gasteiger partial charge in [-0.2, -0.15) is 0 Å². The molecule has 1 heterocycles. The first-order valence-electron chi connectivity index (χ1n) is 6.09. The summed E-state index contributed by atoms with van der Waals surface area (Å²) in [7, 11) is 0.0476. The Morgan fingerprint density at radius 1 is 0.895 bits per heavy atom. The van der Waals surface area contributed by atoms with Crippen molar-refractivity contribution in [1.29, 1.82) is 0 Å². The van der Waals surface area contributed by atoms with Crippen LogP contribution in [0.25, 0.3) is 22.6 Å². The first-order valence-corrected chi connectivity index (χ1v) is 6.09. The van der Waals surface area contributed by atoms with Gasteiger partial charge in [0, 0.05) is 17.2 Å². The maximum Gasteiger partial charge on any atom is 0.304 e. The molecule has 0 fully saturated rings. The molecule has 0 aliphatic heterocycles. The SMILES string of the molecule is OBc1ccc(-c2cc(-c3ccccc3)no2)cc1. The Kier molecular flexibility index (Phi) is 3.17. The summed E-state index contributed by atoms with van der Waals surface area (Å²) >= 11 is 0. The Labute approximate surface area is 111 Å². The van der Waals surface area contributed by atoms with Crippen molar-refractivity contribution in [1.82, 2.24) is 5.16 Å². The minimum absolute atomic E-state index is 0.0476. The number of aromatic nitrogens is 1. The molecule has 0 aliphatic carbocycles. The van der Waals surface area contributed by atoms with Gasteiger partial charge in [-0.25, -0.2) is 0 Å². The van der Waals surface area contributed by atoms with E-state index in [1.165, 1.54) is 0 Å². The van der Waals surface area contributed by atoms with Crippen LogP contribution in [0.5, 0.6) is 0 Å². The molecule has 0 aliphatic rings. The number of hydrogen-bond acceptors (Lipinski definition) is 3. The van der Waals surface area contributed by atoms with Gasteiger partial charge in [-0.1, -0.05) is 65.2 Å². The molecule has 0 radical (unpaired) electrons. The number of hydrogen-bond donors (Lipinski definition) is 1. The molecule has 0 saturated carbocycles. The second-order valence-corrected chi connectivity index (χ2v) is 4.30. The van der Waals surface area contributed by atoms with Gasteiger partial charge in [0.25, 0.3) is 0 Å². The predicted octanol–water partition coefficient (Wildman–Crippen LogP) is 1.98. The van der Waals surface area contributed by atoms with E-state index in [0.717, 1.165) is 28.0 Å². The van der Waals surface area contributed by atoms with Crippen LogP contribution < -0.4 is 5.46 Å². The minimum atomic E-state index is 0.0476. The standard InChI is InChI=1S/C15H12BNO2/c18-16-13-8-6-12(7-9-13)15-10-14(17-19-15)11-4-2-1-3-5-11/h1-10,16,18H. The molecule has 3 rings (SSSR count). The van der Waals surface area contributed by atoms with E-state index in [9.17, 15) is 0 Å². The summed E-state index contributed by atoms with van der Waals surface area (Å²) in [6.07, 6.45) is 0. The van der Waals surface area contributed by atoms with E-state index in [0.29, 0.717) is 0 Å². The van der Waals surface area contributed by atoms with Gasteiger partial charge in [-0.05, 0) is 0 Å². The second kappa shape index (κ2) is 5.12. The molecule has 0 amide bonds. The summed E-state index contributed by atoms with van der Waals surface area (Å²) in [5.74, 6) is 0.725. The fourth-order valence-electron chi connectivity index (χ4n) is 1.93. The average molecular weight is 249 g/mol. The molecular formula is C15H12BNO2. The smallest absolute Gasteiger partial charge is 0.304 e.